The Bertz CT molecular complexity index is 999. The zero-order valence-corrected chi connectivity index (χ0v) is 16.9. The molecule has 0 amide bonds. The second-order valence-corrected chi connectivity index (χ2v) is 9.69. The number of nitriles is 1. The van der Waals surface area contributed by atoms with Crippen LogP contribution in [0.25, 0.3) is 22.3 Å². The first-order valence-electron chi connectivity index (χ1n) is 9.18. The van der Waals surface area contributed by atoms with Crippen LogP contribution in [0.1, 0.15) is 6.42 Å². The molecule has 0 atom stereocenters. The van der Waals surface area contributed by atoms with Gasteiger partial charge in [-0.25, -0.2) is 9.97 Å². The first kappa shape index (κ1) is 18.9. The molecule has 3 aromatic rings. The van der Waals surface area contributed by atoms with E-state index >= 15 is 0 Å². The monoisotopic (exact) mass is 398 g/mol. The van der Waals surface area contributed by atoms with E-state index in [4.69, 9.17) is 10.00 Å². The van der Waals surface area contributed by atoms with E-state index in [1.807, 2.05) is 33.9 Å². The third kappa shape index (κ3) is 3.51. The van der Waals surface area contributed by atoms with Gasteiger partial charge in [0.15, 0.2) is 0 Å². The topological polar surface area (TPSA) is 93.6 Å². The van der Waals surface area contributed by atoms with E-state index in [2.05, 4.69) is 39.0 Å². The van der Waals surface area contributed by atoms with Gasteiger partial charge in [-0.15, -0.1) is 0 Å². The van der Waals surface area contributed by atoms with Gasteiger partial charge in [-0.05, 0) is 17.0 Å². The molecular weight excluding hydrogens is 374 g/mol. The standard InChI is InChI=1S/C19H24N7OS/c1-28(2)8-7-27-14-25-6-3-16-17(22-13-23-18(16)25)15-9-24-26(10-15)19(4-5-20)11-21-12-19/h3,6,9-10,13,21H,4,7-8,11-12,14H2,1-2H3/q+1. The van der Waals surface area contributed by atoms with E-state index in [1.54, 1.807) is 6.33 Å². The quantitative estimate of drug-likeness (QED) is 0.455. The van der Waals surface area contributed by atoms with Gasteiger partial charge in [0.2, 0.25) is 0 Å². The molecule has 146 valence electrons. The molecule has 0 aliphatic carbocycles. The normalized spacial score (nSPS) is 15.6. The van der Waals surface area contributed by atoms with Gasteiger partial charge >= 0.3 is 0 Å². The molecule has 3 aromatic heterocycles. The molecule has 28 heavy (non-hydrogen) atoms. The molecule has 0 aromatic carbocycles. The maximum Gasteiger partial charge on any atom is 0.145 e. The third-order valence-corrected chi connectivity index (χ3v) is 6.06. The summed E-state index contributed by atoms with van der Waals surface area (Å²) in [5.41, 5.74) is 2.37. The van der Waals surface area contributed by atoms with Gasteiger partial charge in [0.25, 0.3) is 0 Å². The fraction of sp³-hybridized carbons (Fsp3) is 0.474. The van der Waals surface area contributed by atoms with E-state index < -0.39 is 0 Å². The van der Waals surface area contributed by atoms with Gasteiger partial charge in [-0.1, -0.05) is 0 Å². The van der Waals surface area contributed by atoms with E-state index in [-0.39, 0.29) is 5.54 Å². The van der Waals surface area contributed by atoms with Crippen LogP contribution in [0.5, 0.6) is 0 Å². The van der Waals surface area contributed by atoms with Crippen LogP contribution < -0.4 is 5.32 Å². The Morgan fingerprint density at radius 1 is 1.36 bits per heavy atom. The van der Waals surface area contributed by atoms with Crippen molar-refractivity contribution in [3.8, 4) is 17.3 Å². The van der Waals surface area contributed by atoms with E-state index in [0.29, 0.717) is 24.0 Å². The smallest absolute Gasteiger partial charge is 0.145 e. The Morgan fingerprint density at radius 2 is 2.21 bits per heavy atom. The molecule has 9 heteroatoms. The van der Waals surface area contributed by atoms with Crippen LogP contribution in [-0.2, 0) is 27.9 Å². The second kappa shape index (κ2) is 7.91. The number of hydrogen-bond acceptors (Lipinski definition) is 6. The van der Waals surface area contributed by atoms with Crippen molar-refractivity contribution in [3.63, 3.8) is 0 Å². The Hall–Kier alpha value is -2.41. The highest BCUT2D eigenvalue weighted by atomic mass is 32.2. The fourth-order valence-corrected chi connectivity index (χ4v) is 3.81. The number of ether oxygens (including phenoxy) is 1. The van der Waals surface area contributed by atoms with Crippen molar-refractivity contribution in [2.45, 2.75) is 18.7 Å². The van der Waals surface area contributed by atoms with Crippen molar-refractivity contribution >= 4 is 21.9 Å². The van der Waals surface area contributed by atoms with Gasteiger partial charge in [-0.2, -0.15) is 10.4 Å². The largest absolute Gasteiger partial charge is 0.356 e. The molecule has 1 saturated heterocycles. The molecule has 0 radical (unpaired) electrons. The summed E-state index contributed by atoms with van der Waals surface area (Å²) in [6, 6.07) is 4.30. The minimum atomic E-state index is -0.254. The molecular formula is C19H24N7OS+. The van der Waals surface area contributed by atoms with Crippen molar-refractivity contribution in [1.29, 1.82) is 5.26 Å². The average Bonchev–Trinajstić information content (AvgIpc) is 3.29. The number of rotatable bonds is 8. The number of nitrogens with one attached hydrogen (secondary N) is 1. The minimum Gasteiger partial charge on any atom is -0.356 e. The Labute approximate surface area is 166 Å². The molecule has 4 rings (SSSR count). The first-order chi connectivity index (χ1) is 13.6. The Balaban J connectivity index is 1.58. The molecule has 1 fully saturated rings. The summed E-state index contributed by atoms with van der Waals surface area (Å²) in [4.78, 5) is 8.94. The van der Waals surface area contributed by atoms with Crippen LogP contribution in [0.4, 0.5) is 0 Å². The predicted molar refractivity (Wildman–Crippen MR) is 110 cm³/mol. The van der Waals surface area contributed by atoms with Crippen LogP contribution in [0, 0.1) is 11.3 Å². The van der Waals surface area contributed by atoms with Crippen molar-refractivity contribution < 1.29 is 4.74 Å². The summed E-state index contributed by atoms with van der Waals surface area (Å²) < 4.78 is 9.70. The number of aromatic nitrogens is 5. The van der Waals surface area contributed by atoms with Crippen molar-refractivity contribution in [3.05, 3.63) is 31.0 Å². The summed E-state index contributed by atoms with van der Waals surface area (Å²) in [6.45, 7) is 2.74. The van der Waals surface area contributed by atoms with Gasteiger partial charge in [0.05, 0.1) is 43.5 Å². The molecule has 1 N–H and O–H groups in total. The number of hydrogen-bond donors (Lipinski definition) is 1. The minimum absolute atomic E-state index is 0.254. The lowest BCUT2D eigenvalue weighted by atomic mass is 9.89. The third-order valence-electron chi connectivity index (χ3n) is 5.08. The van der Waals surface area contributed by atoms with E-state index in [0.717, 1.165) is 47.7 Å². The van der Waals surface area contributed by atoms with Crippen molar-refractivity contribution in [2.24, 2.45) is 0 Å². The highest BCUT2D eigenvalue weighted by Crippen LogP contribution is 2.30. The first-order valence-corrected chi connectivity index (χ1v) is 11.4. The summed E-state index contributed by atoms with van der Waals surface area (Å²) >= 11 is 0. The predicted octanol–water partition coefficient (Wildman–Crippen LogP) is 1.36. The zero-order valence-electron chi connectivity index (χ0n) is 16.1. The summed E-state index contributed by atoms with van der Waals surface area (Å²) in [7, 11) is 0.384. The van der Waals surface area contributed by atoms with Gasteiger partial charge < -0.3 is 14.6 Å². The number of fused-ring (bicyclic) bond motifs is 1. The molecule has 8 nitrogen and oxygen atoms in total. The molecule has 0 bridgehead atoms. The van der Waals surface area contributed by atoms with Crippen LogP contribution in [0.2, 0.25) is 0 Å². The Kier molecular flexibility index (Phi) is 5.35. The van der Waals surface area contributed by atoms with Crippen molar-refractivity contribution in [1.82, 2.24) is 29.6 Å². The summed E-state index contributed by atoms with van der Waals surface area (Å²) in [5.74, 6) is 1.07. The lowest BCUT2D eigenvalue weighted by Crippen LogP contribution is -2.60. The summed E-state index contributed by atoms with van der Waals surface area (Å²) in [5, 5.41) is 17.9. The molecule has 1 aliphatic heterocycles. The molecule has 0 saturated carbocycles. The highest BCUT2D eigenvalue weighted by Gasteiger charge is 2.39. The van der Waals surface area contributed by atoms with Gasteiger partial charge in [-0.3, -0.25) is 4.68 Å². The van der Waals surface area contributed by atoms with Crippen molar-refractivity contribution in [2.75, 3.05) is 38.0 Å². The zero-order chi connectivity index (χ0) is 19.6. The van der Waals surface area contributed by atoms with E-state index in [9.17, 15) is 0 Å². The van der Waals surface area contributed by atoms with Crippen LogP contribution in [0.15, 0.2) is 31.0 Å². The molecule has 0 spiro atoms. The molecule has 4 heterocycles. The lowest BCUT2D eigenvalue weighted by Gasteiger charge is -2.41. The fourth-order valence-electron chi connectivity index (χ4n) is 3.36. The maximum absolute atomic E-state index is 9.16. The SMILES string of the molecule is C[S+](C)CCOCn1ccc2c(-c3cnn(C4(CC#N)CNC4)c3)ncnc21. The summed E-state index contributed by atoms with van der Waals surface area (Å²) in [6.07, 6.45) is 12.2. The molecule has 0 unspecified atom stereocenters. The molecule has 1 aliphatic rings. The van der Waals surface area contributed by atoms with Crippen LogP contribution in [0.3, 0.4) is 0 Å². The number of nitrogens with zero attached hydrogens (tertiary/aromatic N) is 6. The average molecular weight is 399 g/mol. The highest BCUT2D eigenvalue weighted by molar-refractivity contribution is 7.95. The Morgan fingerprint density at radius 3 is 2.93 bits per heavy atom. The maximum atomic E-state index is 9.16. The van der Waals surface area contributed by atoms with Crippen LogP contribution >= 0.6 is 0 Å². The van der Waals surface area contributed by atoms with Gasteiger partial charge in [0, 0.05) is 36.4 Å². The van der Waals surface area contributed by atoms with E-state index in [1.165, 1.54) is 0 Å². The second-order valence-electron chi connectivity index (χ2n) is 7.31. The van der Waals surface area contributed by atoms with Gasteiger partial charge in [0.1, 0.15) is 30.0 Å². The van der Waals surface area contributed by atoms with Crippen LogP contribution in [-0.4, -0.2) is 62.3 Å². The lowest BCUT2D eigenvalue weighted by molar-refractivity contribution is 0.0924.